The van der Waals surface area contributed by atoms with Crippen LogP contribution in [-0.4, -0.2) is 34.0 Å². The Morgan fingerprint density at radius 1 is 1.58 bits per heavy atom. The maximum absolute atomic E-state index is 12.0. The summed E-state index contributed by atoms with van der Waals surface area (Å²) in [5.74, 6) is 1.47. The molecule has 1 atom stereocenters. The Kier molecular flexibility index (Phi) is 3.33. The molecule has 3 rings (SSSR count). The van der Waals surface area contributed by atoms with Crippen LogP contribution in [0, 0.1) is 6.92 Å². The van der Waals surface area contributed by atoms with Gasteiger partial charge in [-0.15, -0.1) is 11.3 Å². The Morgan fingerprint density at radius 2 is 2.47 bits per heavy atom. The second-order valence-corrected chi connectivity index (χ2v) is 5.77. The van der Waals surface area contributed by atoms with Gasteiger partial charge in [0.15, 0.2) is 5.82 Å². The molecule has 0 bridgehead atoms. The van der Waals surface area contributed by atoms with Crippen LogP contribution in [0.4, 0.5) is 0 Å². The Morgan fingerprint density at radius 3 is 3.16 bits per heavy atom. The first-order valence-electron chi connectivity index (χ1n) is 6.33. The van der Waals surface area contributed by atoms with Crippen LogP contribution >= 0.6 is 11.3 Å². The highest BCUT2D eigenvalue weighted by Gasteiger charge is 2.33. The van der Waals surface area contributed by atoms with Crippen molar-refractivity contribution < 1.29 is 9.32 Å². The SMILES string of the molecule is Cc1nc(C2CC(=O)N(CCc3cccs3)C2)no1. The highest BCUT2D eigenvalue weighted by atomic mass is 32.1. The molecule has 0 spiro atoms. The summed E-state index contributed by atoms with van der Waals surface area (Å²) in [5.41, 5.74) is 0. The van der Waals surface area contributed by atoms with Gasteiger partial charge in [-0.05, 0) is 17.9 Å². The van der Waals surface area contributed by atoms with E-state index < -0.39 is 0 Å². The van der Waals surface area contributed by atoms with E-state index in [1.807, 2.05) is 11.0 Å². The molecule has 6 heteroatoms. The lowest BCUT2D eigenvalue weighted by Gasteiger charge is -2.15. The number of amides is 1. The second kappa shape index (κ2) is 5.13. The first-order valence-corrected chi connectivity index (χ1v) is 7.20. The number of thiophene rings is 1. The van der Waals surface area contributed by atoms with E-state index in [0.29, 0.717) is 24.7 Å². The molecule has 1 aliphatic rings. The molecule has 0 radical (unpaired) electrons. The van der Waals surface area contributed by atoms with Gasteiger partial charge in [-0.3, -0.25) is 4.79 Å². The van der Waals surface area contributed by atoms with Crippen LogP contribution in [-0.2, 0) is 11.2 Å². The molecule has 1 amide bonds. The monoisotopic (exact) mass is 277 g/mol. The van der Waals surface area contributed by atoms with Crippen LogP contribution in [0.3, 0.4) is 0 Å². The Labute approximate surface area is 115 Å². The van der Waals surface area contributed by atoms with Crippen LogP contribution in [0.25, 0.3) is 0 Å². The van der Waals surface area contributed by atoms with Gasteiger partial charge in [0.2, 0.25) is 11.8 Å². The highest BCUT2D eigenvalue weighted by Crippen LogP contribution is 2.26. The minimum atomic E-state index is 0.0771. The lowest BCUT2D eigenvalue weighted by atomic mass is 10.1. The third-order valence-electron chi connectivity index (χ3n) is 3.33. The third kappa shape index (κ3) is 2.68. The van der Waals surface area contributed by atoms with E-state index in [0.717, 1.165) is 13.0 Å². The van der Waals surface area contributed by atoms with Crippen LogP contribution < -0.4 is 0 Å². The van der Waals surface area contributed by atoms with Crippen LogP contribution in [0.5, 0.6) is 0 Å². The van der Waals surface area contributed by atoms with Crippen LogP contribution in [0.1, 0.15) is 28.9 Å². The molecule has 100 valence electrons. The normalized spacial score (nSPS) is 19.3. The number of carbonyl (C=O) groups excluding carboxylic acids is 1. The molecule has 1 aliphatic heterocycles. The summed E-state index contributed by atoms with van der Waals surface area (Å²) in [6, 6.07) is 4.14. The third-order valence-corrected chi connectivity index (χ3v) is 4.27. The van der Waals surface area contributed by atoms with Crippen molar-refractivity contribution in [3.63, 3.8) is 0 Å². The summed E-state index contributed by atoms with van der Waals surface area (Å²) in [4.78, 5) is 19.4. The summed E-state index contributed by atoms with van der Waals surface area (Å²) in [6.45, 7) is 3.23. The minimum absolute atomic E-state index is 0.0771. The molecule has 2 aromatic heterocycles. The second-order valence-electron chi connectivity index (χ2n) is 4.74. The van der Waals surface area contributed by atoms with Gasteiger partial charge in [0.1, 0.15) is 0 Å². The molecule has 1 saturated heterocycles. The maximum Gasteiger partial charge on any atom is 0.223 e. The van der Waals surface area contributed by atoms with Crippen LogP contribution in [0.2, 0.25) is 0 Å². The van der Waals surface area contributed by atoms with Gasteiger partial charge >= 0.3 is 0 Å². The fraction of sp³-hybridized carbons (Fsp3) is 0.462. The first-order chi connectivity index (χ1) is 9.22. The fourth-order valence-electron chi connectivity index (χ4n) is 2.34. The molecule has 0 aliphatic carbocycles. The van der Waals surface area contributed by atoms with Crippen molar-refractivity contribution in [3.8, 4) is 0 Å². The van der Waals surface area contributed by atoms with Gasteiger partial charge in [-0.25, -0.2) is 0 Å². The van der Waals surface area contributed by atoms with Crippen molar-refractivity contribution in [1.29, 1.82) is 0 Å². The summed E-state index contributed by atoms with van der Waals surface area (Å²) in [6.07, 6.45) is 1.41. The number of nitrogens with zero attached hydrogens (tertiary/aromatic N) is 3. The molecule has 0 aromatic carbocycles. The Bertz CT molecular complexity index is 564. The number of hydrogen-bond acceptors (Lipinski definition) is 5. The quantitative estimate of drug-likeness (QED) is 0.857. The maximum atomic E-state index is 12.0. The van der Waals surface area contributed by atoms with E-state index in [2.05, 4.69) is 21.6 Å². The first kappa shape index (κ1) is 12.3. The molecule has 19 heavy (non-hydrogen) atoms. The van der Waals surface area contributed by atoms with Gasteiger partial charge in [0.25, 0.3) is 0 Å². The van der Waals surface area contributed by atoms with Crippen molar-refractivity contribution >= 4 is 17.2 Å². The summed E-state index contributed by atoms with van der Waals surface area (Å²) in [5, 5.41) is 5.98. The molecule has 0 N–H and O–H groups in total. The lowest BCUT2D eigenvalue weighted by Crippen LogP contribution is -2.27. The molecular weight excluding hydrogens is 262 g/mol. The van der Waals surface area contributed by atoms with Crippen molar-refractivity contribution in [2.45, 2.75) is 25.7 Å². The molecule has 3 heterocycles. The summed E-state index contributed by atoms with van der Waals surface area (Å²) in [7, 11) is 0. The average molecular weight is 277 g/mol. The van der Waals surface area contributed by atoms with Gasteiger partial charge in [-0.1, -0.05) is 11.2 Å². The van der Waals surface area contributed by atoms with E-state index in [-0.39, 0.29) is 11.8 Å². The van der Waals surface area contributed by atoms with E-state index in [1.165, 1.54) is 4.88 Å². The molecule has 1 fully saturated rings. The van der Waals surface area contributed by atoms with Gasteiger partial charge < -0.3 is 9.42 Å². The number of hydrogen-bond donors (Lipinski definition) is 0. The molecule has 2 aromatic rings. The van der Waals surface area contributed by atoms with Gasteiger partial charge in [-0.2, -0.15) is 4.98 Å². The van der Waals surface area contributed by atoms with Gasteiger partial charge in [0.05, 0.1) is 0 Å². The van der Waals surface area contributed by atoms with Crippen molar-refractivity contribution in [1.82, 2.24) is 15.0 Å². The van der Waals surface area contributed by atoms with E-state index in [4.69, 9.17) is 4.52 Å². The zero-order chi connectivity index (χ0) is 13.2. The van der Waals surface area contributed by atoms with E-state index in [1.54, 1.807) is 18.3 Å². The smallest absolute Gasteiger partial charge is 0.223 e. The predicted molar refractivity (Wildman–Crippen MR) is 71.0 cm³/mol. The van der Waals surface area contributed by atoms with Crippen LogP contribution in [0.15, 0.2) is 22.0 Å². The molecular formula is C13H15N3O2S. The largest absolute Gasteiger partial charge is 0.342 e. The van der Waals surface area contributed by atoms with Crippen molar-refractivity contribution in [2.24, 2.45) is 0 Å². The van der Waals surface area contributed by atoms with E-state index in [9.17, 15) is 4.79 Å². The Hall–Kier alpha value is -1.69. The molecule has 1 unspecified atom stereocenters. The number of carbonyl (C=O) groups is 1. The summed E-state index contributed by atoms with van der Waals surface area (Å²) < 4.78 is 4.98. The number of aryl methyl sites for hydroxylation is 1. The summed E-state index contributed by atoms with van der Waals surface area (Å²) >= 11 is 1.73. The van der Waals surface area contributed by atoms with Crippen molar-refractivity contribution in [3.05, 3.63) is 34.1 Å². The standard InChI is InChI=1S/C13H15N3O2S/c1-9-14-13(15-18-9)10-7-12(17)16(8-10)5-4-11-3-2-6-19-11/h2-3,6,10H,4-5,7-8H2,1H3. The number of aromatic nitrogens is 2. The molecule has 0 saturated carbocycles. The van der Waals surface area contributed by atoms with E-state index >= 15 is 0 Å². The highest BCUT2D eigenvalue weighted by molar-refractivity contribution is 7.09. The predicted octanol–water partition coefficient (Wildman–Crippen LogP) is 2.00. The molecule has 5 nitrogen and oxygen atoms in total. The average Bonchev–Trinajstić information content (AvgIpc) is 3.08. The number of likely N-dealkylation sites (tertiary alicyclic amines) is 1. The zero-order valence-electron chi connectivity index (χ0n) is 10.7. The minimum Gasteiger partial charge on any atom is -0.342 e. The lowest BCUT2D eigenvalue weighted by molar-refractivity contribution is -0.127. The number of rotatable bonds is 4. The van der Waals surface area contributed by atoms with Crippen molar-refractivity contribution in [2.75, 3.05) is 13.1 Å². The zero-order valence-corrected chi connectivity index (χ0v) is 11.5. The fourth-order valence-corrected chi connectivity index (χ4v) is 3.04. The van der Waals surface area contributed by atoms with Gasteiger partial charge in [0, 0.05) is 37.2 Å². The topological polar surface area (TPSA) is 59.2 Å². The Balaban J connectivity index is 1.60.